The summed E-state index contributed by atoms with van der Waals surface area (Å²) in [6.07, 6.45) is 14.3. The van der Waals surface area contributed by atoms with E-state index in [9.17, 15) is 5.11 Å². The highest BCUT2D eigenvalue weighted by Crippen LogP contribution is 2.65. The Hall–Kier alpha value is -1.44. The zero-order valence-corrected chi connectivity index (χ0v) is 20.8. The van der Waals surface area contributed by atoms with Gasteiger partial charge in [0.2, 0.25) is 0 Å². The van der Waals surface area contributed by atoms with Gasteiger partial charge in [-0.2, -0.15) is 5.26 Å². The van der Waals surface area contributed by atoms with E-state index in [2.05, 4.69) is 31.0 Å². The molecule has 4 aliphatic rings. The average molecular weight is 451 g/mol. The number of ether oxygens (including phenoxy) is 1. The van der Waals surface area contributed by atoms with Gasteiger partial charge in [0.1, 0.15) is 11.8 Å². The quantitative estimate of drug-likeness (QED) is 0.618. The molecule has 4 saturated carbocycles. The summed E-state index contributed by atoms with van der Waals surface area (Å²) >= 11 is 0. The van der Waals surface area contributed by atoms with Crippen molar-refractivity contribution < 1.29 is 9.84 Å². The molecule has 4 fully saturated rings. The number of hydrogen-bond donors (Lipinski definition) is 1. The van der Waals surface area contributed by atoms with E-state index < -0.39 is 5.60 Å². The second kappa shape index (κ2) is 8.97. The highest BCUT2D eigenvalue weighted by atomic mass is 16.5. The first-order valence-corrected chi connectivity index (χ1v) is 13.4. The molecule has 0 spiro atoms. The zero-order chi connectivity index (χ0) is 23.2. The number of rotatable bonds is 5. The van der Waals surface area contributed by atoms with Crippen molar-refractivity contribution in [3.63, 3.8) is 0 Å². The van der Waals surface area contributed by atoms with Crippen molar-refractivity contribution >= 4 is 0 Å². The third kappa shape index (κ3) is 4.14. The fraction of sp³-hybridized carbons (Fsp3) is 0.793. The minimum atomic E-state index is -0.583. The van der Waals surface area contributed by atoms with Crippen LogP contribution in [-0.4, -0.2) is 29.4 Å². The smallest absolute Gasteiger partial charge is 0.140 e. The Balaban J connectivity index is 1.27. The van der Waals surface area contributed by atoms with Crippen LogP contribution in [0.5, 0.6) is 0 Å². The fourth-order valence-corrected chi connectivity index (χ4v) is 9.46. The van der Waals surface area contributed by atoms with E-state index in [1.165, 1.54) is 50.5 Å². The number of nitrogens with zero attached hydrogens (tertiary/aromatic N) is 2. The van der Waals surface area contributed by atoms with Crippen LogP contribution in [0.2, 0.25) is 0 Å². The van der Waals surface area contributed by atoms with Gasteiger partial charge in [-0.25, -0.2) is 4.98 Å². The Morgan fingerprint density at radius 2 is 1.94 bits per heavy atom. The number of aliphatic hydroxyl groups is 1. The second-order valence-corrected chi connectivity index (χ2v) is 12.4. The van der Waals surface area contributed by atoms with Gasteiger partial charge >= 0.3 is 0 Å². The summed E-state index contributed by atoms with van der Waals surface area (Å²) in [5.41, 5.74) is 1.67. The predicted octanol–water partition coefficient (Wildman–Crippen LogP) is 5.78. The van der Waals surface area contributed by atoms with Crippen LogP contribution in [0.15, 0.2) is 18.3 Å². The summed E-state index contributed by atoms with van der Waals surface area (Å²) in [5, 5.41) is 20.0. The summed E-state index contributed by atoms with van der Waals surface area (Å²) in [5.74, 6) is 5.62. The standard InChI is InChI=1S/C29H42N2O2/c1-19(14-20-4-6-22(16-30)31-17-20)26-8-9-27-25-7-5-21-15-29(32,18-33-3)13-11-23(21)24(25)10-12-28(26,27)2/h4,6,17,19,21,23-27,32H,5,7-15,18H2,1-3H3/t19?,21-,23+,24-,25-,26-,27+,28-,29-/m1/s1. The monoisotopic (exact) mass is 450 g/mol. The molecule has 0 aromatic carbocycles. The van der Waals surface area contributed by atoms with E-state index in [0.717, 1.165) is 48.9 Å². The van der Waals surface area contributed by atoms with Crippen LogP contribution in [-0.2, 0) is 11.2 Å². The molecule has 1 heterocycles. The van der Waals surface area contributed by atoms with Gasteiger partial charge < -0.3 is 9.84 Å². The molecule has 0 radical (unpaired) electrons. The lowest BCUT2D eigenvalue weighted by molar-refractivity contribution is -0.125. The van der Waals surface area contributed by atoms with Crippen molar-refractivity contribution in [1.29, 1.82) is 5.26 Å². The molecule has 9 atom stereocenters. The third-order valence-electron chi connectivity index (χ3n) is 10.8. The van der Waals surface area contributed by atoms with Crippen LogP contribution in [0.4, 0.5) is 0 Å². The molecule has 1 unspecified atom stereocenters. The topological polar surface area (TPSA) is 66.1 Å². The molecule has 4 nitrogen and oxygen atoms in total. The van der Waals surface area contributed by atoms with E-state index in [0.29, 0.717) is 29.6 Å². The van der Waals surface area contributed by atoms with Gasteiger partial charge in [-0.1, -0.05) is 19.9 Å². The van der Waals surface area contributed by atoms with E-state index >= 15 is 0 Å². The Morgan fingerprint density at radius 3 is 2.67 bits per heavy atom. The van der Waals surface area contributed by atoms with Crippen LogP contribution >= 0.6 is 0 Å². The summed E-state index contributed by atoms with van der Waals surface area (Å²) in [6, 6.07) is 6.10. The maximum absolute atomic E-state index is 11.0. The molecule has 4 heteroatoms. The first kappa shape index (κ1) is 23.3. The van der Waals surface area contributed by atoms with Gasteiger partial charge in [0.15, 0.2) is 0 Å². The summed E-state index contributed by atoms with van der Waals surface area (Å²) in [7, 11) is 1.72. The summed E-state index contributed by atoms with van der Waals surface area (Å²) < 4.78 is 5.36. The van der Waals surface area contributed by atoms with E-state index in [1.54, 1.807) is 7.11 Å². The molecule has 0 amide bonds. The minimum Gasteiger partial charge on any atom is -0.387 e. The molecule has 1 aromatic rings. The lowest BCUT2D eigenvalue weighted by Crippen LogP contribution is -2.52. The van der Waals surface area contributed by atoms with Gasteiger partial charge in [-0.15, -0.1) is 0 Å². The Labute approximate surface area is 200 Å². The average Bonchev–Trinajstić information content (AvgIpc) is 3.16. The highest BCUT2D eigenvalue weighted by Gasteiger charge is 2.58. The van der Waals surface area contributed by atoms with Gasteiger partial charge in [-0.05, 0) is 123 Å². The summed E-state index contributed by atoms with van der Waals surface area (Å²) in [4.78, 5) is 4.30. The van der Waals surface area contributed by atoms with Gasteiger partial charge in [0.25, 0.3) is 0 Å². The van der Waals surface area contributed by atoms with Crippen molar-refractivity contribution in [3.8, 4) is 6.07 Å². The molecule has 180 valence electrons. The third-order valence-corrected chi connectivity index (χ3v) is 10.8. The maximum atomic E-state index is 11.0. The largest absolute Gasteiger partial charge is 0.387 e. The molecule has 33 heavy (non-hydrogen) atoms. The number of aromatic nitrogens is 1. The van der Waals surface area contributed by atoms with E-state index in [-0.39, 0.29) is 0 Å². The highest BCUT2D eigenvalue weighted by molar-refractivity contribution is 5.23. The van der Waals surface area contributed by atoms with Crippen LogP contribution < -0.4 is 0 Å². The fourth-order valence-electron chi connectivity index (χ4n) is 9.46. The van der Waals surface area contributed by atoms with Crippen molar-refractivity contribution in [1.82, 2.24) is 4.98 Å². The molecular formula is C29H42N2O2. The lowest BCUT2D eigenvalue weighted by atomic mass is 9.48. The van der Waals surface area contributed by atoms with Crippen LogP contribution in [0.1, 0.15) is 82.9 Å². The molecule has 0 saturated heterocycles. The number of fused-ring (bicyclic) bond motifs is 5. The maximum Gasteiger partial charge on any atom is 0.140 e. The normalized spacial score (nSPS) is 43.1. The SMILES string of the molecule is COC[C@@]1(O)CC[C@H]2[C@H](CC[C@@H]3[C@@H]2CC[C@]2(C)[C@@H](C(C)Cc4ccc(C#N)nc4)CC[C@@H]32)C1. The molecule has 5 rings (SSSR count). The van der Waals surface area contributed by atoms with E-state index in [1.807, 2.05) is 12.3 Å². The molecule has 0 aliphatic heterocycles. The van der Waals surface area contributed by atoms with Crippen LogP contribution in [0.3, 0.4) is 0 Å². The van der Waals surface area contributed by atoms with E-state index in [4.69, 9.17) is 10.00 Å². The number of hydrogen-bond acceptors (Lipinski definition) is 4. The molecule has 1 N–H and O–H groups in total. The van der Waals surface area contributed by atoms with Gasteiger partial charge in [-0.3, -0.25) is 0 Å². The molecular weight excluding hydrogens is 408 g/mol. The minimum absolute atomic E-state index is 0.471. The van der Waals surface area contributed by atoms with Gasteiger partial charge in [0.05, 0.1) is 12.2 Å². The van der Waals surface area contributed by atoms with Crippen molar-refractivity contribution in [3.05, 3.63) is 29.6 Å². The molecule has 1 aromatic heterocycles. The second-order valence-electron chi connectivity index (χ2n) is 12.4. The first-order chi connectivity index (χ1) is 15.9. The zero-order valence-electron chi connectivity index (χ0n) is 20.8. The number of pyridine rings is 1. The van der Waals surface area contributed by atoms with Crippen LogP contribution in [0.25, 0.3) is 0 Å². The Kier molecular flexibility index (Phi) is 6.34. The molecule has 4 aliphatic carbocycles. The van der Waals surface area contributed by atoms with Crippen molar-refractivity contribution in [2.24, 2.45) is 46.8 Å². The lowest BCUT2D eigenvalue weighted by Gasteiger charge is -2.57. The van der Waals surface area contributed by atoms with Gasteiger partial charge in [0, 0.05) is 13.3 Å². The Bertz CT molecular complexity index is 879. The number of methoxy groups -OCH3 is 1. The predicted molar refractivity (Wildman–Crippen MR) is 129 cm³/mol. The van der Waals surface area contributed by atoms with Crippen molar-refractivity contribution in [2.45, 2.75) is 83.7 Å². The molecule has 0 bridgehead atoms. The van der Waals surface area contributed by atoms with Crippen molar-refractivity contribution in [2.75, 3.05) is 13.7 Å². The Morgan fingerprint density at radius 1 is 1.12 bits per heavy atom. The first-order valence-electron chi connectivity index (χ1n) is 13.4. The summed E-state index contributed by atoms with van der Waals surface area (Å²) in [6.45, 7) is 5.58. The number of nitriles is 1. The van der Waals surface area contributed by atoms with Crippen LogP contribution in [0, 0.1) is 58.2 Å².